The van der Waals surface area contributed by atoms with Crippen molar-refractivity contribution in [2.45, 2.75) is 0 Å². The average molecular weight is 241 g/mol. The van der Waals surface area contributed by atoms with Crippen molar-refractivity contribution in [3.63, 3.8) is 0 Å². The molecule has 0 fully saturated rings. The molecule has 0 aromatic carbocycles. The van der Waals surface area contributed by atoms with Crippen molar-refractivity contribution in [3.05, 3.63) is 19.7 Å². The molecule has 0 atom stereocenters. The van der Waals surface area contributed by atoms with Crippen molar-refractivity contribution < 1.29 is 0 Å². The molecule has 1 rings (SSSR count). The van der Waals surface area contributed by atoms with E-state index in [2.05, 4.69) is 37.9 Å². The Balaban J connectivity index is 3.04. The van der Waals surface area contributed by atoms with Gasteiger partial charge in [0.2, 0.25) is 0 Å². The van der Waals surface area contributed by atoms with Crippen LogP contribution in [0.4, 0.5) is 0 Å². The molecule has 1 aromatic heterocycles. The van der Waals surface area contributed by atoms with Crippen LogP contribution in [0, 0.1) is 6.07 Å². The van der Waals surface area contributed by atoms with Gasteiger partial charge in [-0.2, -0.15) is 0 Å². The van der Waals surface area contributed by atoms with E-state index >= 15 is 0 Å². The molecule has 0 amide bonds. The lowest BCUT2D eigenvalue weighted by Gasteiger charge is -1.67. The molecule has 1 aromatic rings. The fraction of sp³-hybridized carbons (Fsp3) is 0. The van der Waals surface area contributed by atoms with Gasteiger partial charge < -0.3 is 0 Å². The van der Waals surface area contributed by atoms with Crippen LogP contribution >= 0.6 is 43.2 Å². The largest absolute Gasteiger partial charge is 0.121 e. The van der Waals surface area contributed by atoms with Crippen molar-refractivity contribution in [1.82, 2.24) is 0 Å². The maximum absolute atomic E-state index is 3.29. The van der Waals surface area contributed by atoms with E-state index in [1.165, 1.54) is 0 Å². The molecule has 1 radical (unpaired) electrons. The summed E-state index contributed by atoms with van der Waals surface area (Å²) in [6.45, 7) is 0. The summed E-state index contributed by atoms with van der Waals surface area (Å²) in [7, 11) is 0. The van der Waals surface area contributed by atoms with E-state index in [0.29, 0.717) is 0 Å². The Morgan fingerprint density at radius 1 is 1.57 bits per heavy atom. The lowest BCUT2D eigenvalue weighted by molar-refractivity contribution is 1.90. The Hall–Kier alpha value is 0.660. The summed E-state index contributed by atoms with van der Waals surface area (Å²) in [5.74, 6) is 0. The number of hydrogen-bond donors (Lipinski definition) is 0. The topological polar surface area (TPSA) is 0 Å². The zero-order valence-electron chi connectivity index (χ0n) is 3.24. The Morgan fingerprint density at radius 2 is 2.29 bits per heavy atom. The van der Waals surface area contributed by atoms with Crippen LogP contribution in [0.15, 0.2) is 13.6 Å². The van der Waals surface area contributed by atoms with Crippen molar-refractivity contribution >= 4 is 43.2 Å². The number of hydrogen-bond acceptors (Lipinski definition) is 1. The first kappa shape index (κ1) is 5.79. The van der Waals surface area contributed by atoms with Gasteiger partial charge in [0.1, 0.15) is 0 Å². The second kappa shape index (κ2) is 2.29. The summed E-state index contributed by atoms with van der Waals surface area (Å²) < 4.78 is 2.15. The Morgan fingerprint density at radius 3 is 2.43 bits per heavy atom. The van der Waals surface area contributed by atoms with Crippen molar-refractivity contribution in [2.24, 2.45) is 0 Å². The molecule has 0 N–H and O–H groups in total. The highest BCUT2D eigenvalue weighted by Gasteiger charge is 1.89. The third kappa shape index (κ3) is 1.55. The first-order valence-corrected chi connectivity index (χ1v) is 4.02. The summed E-state index contributed by atoms with van der Waals surface area (Å²) >= 11 is 8.17. The Bertz CT molecular complexity index is 142. The van der Waals surface area contributed by atoms with Crippen LogP contribution in [-0.2, 0) is 0 Å². The van der Waals surface area contributed by atoms with E-state index in [4.69, 9.17) is 0 Å². The first-order valence-electron chi connectivity index (χ1n) is 1.61. The highest BCUT2D eigenvalue weighted by molar-refractivity contribution is 9.12. The molecule has 0 saturated carbocycles. The molecule has 0 aliphatic carbocycles. The maximum Gasteiger partial charge on any atom is 0.0789 e. The summed E-state index contributed by atoms with van der Waals surface area (Å²) in [4.78, 5) is 0. The molecular weight excluding hydrogens is 240 g/mol. The standard InChI is InChI=1S/C4HBr2S/c5-3-1-2-4(6)7-3/h1H. The van der Waals surface area contributed by atoms with Gasteiger partial charge in [0, 0.05) is 6.07 Å². The smallest absolute Gasteiger partial charge is 0.0789 e. The van der Waals surface area contributed by atoms with Gasteiger partial charge >= 0.3 is 0 Å². The number of thiophene rings is 1. The first-order chi connectivity index (χ1) is 3.29. The van der Waals surface area contributed by atoms with Crippen LogP contribution in [0.2, 0.25) is 0 Å². The molecule has 37 valence electrons. The van der Waals surface area contributed by atoms with Gasteiger partial charge in [-0.3, -0.25) is 0 Å². The molecule has 0 unspecified atom stereocenters. The minimum absolute atomic E-state index is 1.04. The zero-order chi connectivity index (χ0) is 5.28. The molecule has 0 nitrogen and oxygen atoms in total. The van der Waals surface area contributed by atoms with Crippen molar-refractivity contribution in [2.75, 3.05) is 0 Å². The molecule has 0 saturated heterocycles. The average Bonchev–Trinajstić information content (AvgIpc) is 1.87. The second-order valence-corrected chi connectivity index (χ2v) is 4.72. The minimum Gasteiger partial charge on any atom is -0.121 e. The summed E-state index contributed by atoms with van der Waals surface area (Å²) in [6, 6.07) is 4.84. The van der Waals surface area contributed by atoms with Gasteiger partial charge in [-0.25, -0.2) is 0 Å². The maximum atomic E-state index is 3.29. The normalized spacial score (nSPS) is 9.43. The molecule has 0 aliphatic rings. The lowest BCUT2D eigenvalue weighted by atomic mass is 10.7. The third-order valence-corrected chi connectivity index (χ3v) is 2.53. The van der Waals surface area contributed by atoms with E-state index in [9.17, 15) is 0 Å². The van der Waals surface area contributed by atoms with Crippen LogP contribution in [-0.4, -0.2) is 0 Å². The summed E-state index contributed by atoms with van der Waals surface area (Å²) in [5.41, 5.74) is 0. The third-order valence-electron chi connectivity index (χ3n) is 0.486. The Labute approximate surface area is 62.8 Å². The lowest BCUT2D eigenvalue weighted by Crippen LogP contribution is -1.33. The van der Waals surface area contributed by atoms with E-state index in [-0.39, 0.29) is 0 Å². The van der Waals surface area contributed by atoms with Gasteiger partial charge in [0.05, 0.1) is 7.57 Å². The predicted octanol–water partition coefficient (Wildman–Crippen LogP) is 3.07. The molecular formula is C4HBr2S. The van der Waals surface area contributed by atoms with Gasteiger partial charge in [-0.15, -0.1) is 11.3 Å². The van der Waals surface area contributed by atoms with Gasteiger partial charge in [0.25, 0.3) is 0 Å². The molecule has 0 bridgehead atoms. The summed E-state index contributed by atoms with van der Waals surface area (Å²) in [6.07, 6.45) is 0. The van der Waals surface area contributed by atoms with E-state index < -0.39 is 0 Å². The van der Waals surface area contributed by atoms with E-state index in [1.807, 2.05) is 6.07 Å². The van der Waals surface area contributed by atoms with Crippen LogP contribution in [0.5, 0.6) is 0 Å². The van der Waals surface area contributed by atoms with Crippen molar-refractivity contribution in [3.8, 4) is 0 Å². The van der Waals surface area contributed by atoms with Crippen molar-refractivity contribution in [1.29, 1.82) is 0 Å². The van der Waals surface area contributed by atoms with Crippen LogP contribution < -0.4 is 0 Å². The van der Waals surface area contributed by atoms with Crippen LogP contribution in [0.25, 0.3) is 0 Å². The quantitative estimate of drug-likeness (QED) is 0.654. The van der Waals surface area contributed by atoms with Crippen LogP contribution in [0.1, 0.15) is 0 Å². The van der Waals surface area contributed by atoms with Gasteiger partial charge in [0.15, 0.2) is 0 Å². The highest BCUT2D eigenvalue weighted by Crippen LogP contribution is 2.25. The summed E-state index contributed by atoms with van der Waals surface area (Å²) in [5, 5.41) is 0. The number of rotatable bonds is 0. The fourth-order valence-corrected chi connectivity index (χ4v) is 2.55. The monoisotopic (exact) mass is 239 g/mol. The molecule has 3 heteroatoms. The second-order valence-electron chi connectivity index (χ2n) is 0.969. The molecule has 7 heavy (non-hydrogen) atoms. The van der Waals surface area contributed by atoms with Gasteiger partial charge in [-0.05, 0) is 37.9 Å². The van der Waals surface area contributed by atoms with E-state index in [1.54, 1.807) is 11.3 Å². The van der Waals surface area contributed by atoms with Gasteiger partial charge in [-0.1, -0.05) is 0 Å². The minimum atomic E-state index is 1.04. The molecule has 0 spiro atoms. The van der Waals surface area contributed by atoms with E-state index in [0.717, 1.165) is 7.57 Å². The molecule has 0 aliphatic heterocycles. The molecule has 1 heterocycles. The zero-order valence-corrected chi connectivity index (χ0v) is 7.23. The SMILES string of the molecule is Brc1[c]cc(Br)s1. The fourth-order valence-electron chi connectivity index (χ4n) is 0.258. The number of halogens is 2. The highest BCUT2D eigenvalue weighted by atomic mass is 79.9. The predicted molar refractivity (Wildman–Crippen MR) is 38.6 cm³/mol. The van der Waals surface area contributed by atoms with Crippen LogP contribution in [0.3, 0.4) is 0 Å². The Kier molecular flexibility index (Phi) is 1.89.